The molecule has 0 aliphatic carbocycles. The summed E-state index contributed by atoms with van der Waals surface area (Å²) in [5.74, 6) is -2.13. The summed E-state index contributed by atoms with van der Waals surface area (Å²) >= 11 is 0. The first-order valence-corrected chi connectivity index (χ1v) is 17.1. The van der Waals surface area contributed by atoms with Gasteiger partial charge in [-0.2, -0.15) is 0 Å². The van der Waals surface area contributed by atoms with E-state index in [2.05, 4.69) is 19.1 Å². The van der Waals surface area contributed by atoms with Gasteiger partial charge in [0.15, 0.2) is 5.60 Å². The smallest absolute Gasteiger partial charge is 0.203 e. The van der Waals surface area contributed by atoms with Crippen molar-refractivity contribution in [3.05, 3.63) is 12.2 Å². The summed E-state index contributed by atoms with van der Waals surface area (Å²) in [6, 6.07) is 0. The minimum Gasteiger partial charge on any atom is -0.394 e. The van der Waals surface area contributed by atoms with Crippen LogP contribution in [0.25, 0.3) is 0 Å². The van der Waals surface area contributed by atoms with Crippen molar-refractivity contribution in [2.24, 2.45) is 0 Å². The predicted octanol–water partition coefficient (Wildman–Crippen LogP) is 1.44. The van der Waals surface area contributed by atoms with E-state index in [9.17, 15) is 46.0 Å². The SMILES string of the molecule is CCCCCCCCC=CCCCCCCCCOC1(CC(O)CO)O[C@H](CO)[C@@H](O)[C@H](O)[C@@]1(CC(O)CO)OCC(O)CO. The molecule has 0 aromatic rings. The Hall–Kier alpha value is -0.740. The molecule has 1 fully saturated rings. The van der Waals surface area contributed by atoms with Crippen molar-refractivity contribution in [1.29, 1.82) is 0 Å². The zero-order valence-electron chi connectivity index (χ0n) is 27.4. The van der Waals surface area contributed by atoms with Gasteiger partial charge in [-0.3, -0.25) is 0 Å². The van der Waals surface area contributed by atoms with Crippen LogP contribution in [-0.2, 0) is 14.2 Å². The van der Waals surface area contributed by atoms with E-state index in [1.165, 1.54) is 38.5 Å². The third-order valence-electron chi connectivity index (χ3n) is 8.55. The second-order valence-electron chi connectivity index (χ2n) is 12.4. The fourth-order valence-electron chi connectivity index (χ4n) is 5.90. The molecule has 4 unspecified atom stereocenters. The lowest BCUT2D eigenvalue weighted by molar-refractivity contribution is -0.421. The molecule has 0 aromatic carbocycles. The molecule has 12 nitrogen and oxygen atoms in total. The van der Waals surface area contributed by atoms with Gasteiger partial charge in [0.1, 0.15) is 24.4 Å². The maximum atomic E-state index is 11.4. The van der Waals surface area contributed by atoms with Gasteiger partial charge in [0, 0.05) is 12.8 Å². The largest absolute Gasteiger partial charge is 0.394 e. The number of aliphatic hydroxyl groups is 9. The average molecular weight is 653 g/mol. The van der Waals surface area contributed by atoms with Crippen molar-refractivity contribution >= 4 is 0 Å². The first kappa shape index (κ1) is 42.3. The first-order chi connectivity index (χ1) is 21.7. The third-order valence-corrected chi connectivity index (χ3v) is 8.55. The Kier molecular flexibility index (Phi) is 22.9. The molecule has 0 saturated carbocycles. The zero-order chi connectivity index (χ0) is 33.6. The average Bonchev–Trinajstić information content (AvgIpc) is 3.04. The molecule has 8 atom stereocenters. The summed E-state index contributed by atoms with van der Waals surface area (Å²) in [5, 5.41) is 91.7. The standard InChI is InChI=1S/C33H64O12/c1-2-3-4-5-6-7-8-9-10-11-12-13-14-15-16-17-18-43-33(20-27(39)22-35)32(19-26(38)21-34,44-25-28(40)23-36)31(42)30(41)29(24-37)45-33/h9-10,26-31,34-42H,2-8,11-25H2,1H3/t26?,27?,28?,29-,30-,31+,32-,33?/m1/s1. The second-order valence-corrected chi connectivity index (χ2v) is 12.4. The minimum atomic E-state index is -2.19. The highest BCUT2D eigenvalue weighted by molar-refractivity contribution is 5.11. The molecule has 12 heteroatoms. The minimum absolute atomic E-state index is 0.0448. The van der Waals surface area contributed by atoms with Crippen LogP contribution in [0.2, 0.25) is 0 Å². The van der Waals surface area contributed by atoms with Gasteiger partial charge in [-0.05, 0) is 32.1 Å². The Labute approximate surface area is 269 Å². The Bertz CT molecular complexity index is 742. The fraction of sp³-hybridized carbons (Fsp3) is 0.939. The van der Waals surface area contributed by atoms with Crippen molar-refractivity contribution < 1.29 is 60.2 Å². The predicted molar refractivity (Wildman–Crippen MR) is 169 cm³/mol. The van der Waals surface area contributed by atoms with Crippen molar-refractivity contribution in [2.75, 3.05) is 39.6 Å². The maximum Gasteiger partial charge on any atom is 0.203 e. The molecular formula is C33H64O12. The number of unbranched alkanes of at least 4 members (excludes halogenated alkanes) is 12. The van der Waals surface area contributed by atoms with Crippen molar-refractivity contribution in [2.45, 2.75) is 158 Å². The summed E-state index contributed by atoms with van der Waals surface area (Å²) in [7, 11) is 0. The van der Waals surface area contributed by atoms with Gasteiger partial charge < -0.3 is 60.2 Å². The van der Waals surface area contributed by atoms with E-state index in [1.807, 2.05) is 0 Å². The van der Waals surface area contributed by atoms with Crippen LogP contribution >= 0.6 is 0 Å². The monoisotopic (exact) mass is 652 g/mol. The Morgan fingerprint density at radius 2 is 1.18 bits per heavy atom. The number of hydrogen-bond acceptors (Lipinski definition) is 12. The van der Waals surface area contributed by atoms with E-state index in [1.54, 1.807) is 0 Å². The molecule has 45 heavy (non-hydrogen) atoms. The molecule has 1 heterocycles. The molecule has 0 aromatic heterocycles. The van der Waals surface area contributed by atoms with E-state index in [-0.39, 0.29) is 6.61 Å². The van der Waals surface area contributed by atoms with Crippen LogP contribution in [0.3, 0.4) is 0 Å². The van der Waals surface area contributed by atoms with Gasteiger partial charge in [-0.15, -0.1) is 0 Å². The molecule has 268 valence electrons. The third kappa shape index (κ3) is 14.5. The molecule has 0 spiro atoms. The Balaban J connectivity index is 2.80. The second kappa shape index (κ2) is 24.4. The summed E-state index contributed by atoms with van der Waals surface area (Å²) in [6.07, 6.45) is 9.75. The van der Waals surface area contributed by atoms with Crippen LogP contribution in [-0.4, -0.2) is 134 Å². The van der Waals surface area contributed by atoms with Crippen LogP contribution < -0.4 is 0 Å². The highest BCUT2D eigenvalue weighted by Gasteiger charge is 2.67. The number of hydrogen-bond donors (Lipinski definition) is 9. The van der Waals surface area contributed by atoms with Crippen LogP contribution in [0.5, 0.6) is 0 Å². The molecule has 9 N–H and O–H groups in total. The van der Waals surface area contributed by atoms with Crippen LogP contribution in [0.15, 0.2) is 12.2 Å². The van der Waals surface area contributed by atoms with Gasteiger partial charge in [0.2, 0.25) is 5.79 Å². The maximum absolute atomic E-state index is 11.4. The molecule has 0 bridgehead atoms. The van der Waals surface area contributed by atoms with Gasteiger partial charge in [0.25, 0.3) is 0 Å². The number of rotatable bonds is 28. The van der Waals surface area contributed by atoms with Crippen molar-refractivity contribution in [3.63, 3.8) is 0 Å². The Morgan fingerprint density at radius 3 is 1.71 bits per heavy atom. The van der Waals surface area contributed by atoms with Crippen molar-refractivity contribution in [3.8, 4) is 0 Å². The molecular weight excluding hydrogens is 588 g/mol. The van der Waals surface area contributed by atoms with Gasteiger partial charge in [-0.25, -0.2) is 0 Å². The fourth-order valence-corrected chi connectivity index (χ4v) is 5.90. The highest BCUT2D eigenvalue weighted by atomic mass is 16.7. The lowest BCUT2D eigenvalue weighted by atomic mass is 9.73. The number of allylic oxidation sites excluding steroid dienone is 2. The van der Waals surface area contributed by atoms with E-state index in [0.717, 1.165) is 44.9 Å². The lowest BCUT2D eigenvalue weighted by Crippen LogP contribution is -2.76. The Morgan fingerprint density at radius 1 is 0.667 bits per heavy atom. The zero-order valence-corrected chi connectivity index (χ0v) is 27.4. The quantitative estimate of drug-likeness (QED) is 0.0435. The molecule has 1 rings (SSSR count). The number of aliphatic hydroxyl groups excluding tert-OH is 9. The lowest BCUT2D eigenvalue weighted by Gasteiger charge is -2.58. The highest BCUT2D eigenvalue weighted by Crippen LogP contribution is 2.48. The first-order valence-electron chi connectivity index (χ1n) is 17.1. The van der Waals surface area contributed by atoms with Crippen LogP contribution in [0.4, 0.5) is 0 Å². The normalized spacial score (nSPS) is 27.6. The topological polar surface area (TPSA) is 210 Å². The van der Waals surface area contributed by atoms with Crippen LogP contribution in [0.1, 0.15) is 110 Å². The van der Waals surface area contributed by atoms with E-state index in [4.69, 9.17) is 14.2 Å². The van der Waals surface area contributed by atoms with Gasteiger partial charge >= 0.3 is 0 Å². The van der Waals surface area contributed by atoms with Crippen molar-refractivity contribution in [1.82, 2.24) is 0 Å². The molecule has 1 aliphatic rings. The van der Waals surface area contributed by atoms with Gasteiger partial charge in [-0.1, -0.05) is 76.9 Å². The molecule has 0 radical (unpaired) electrons. The van der Waals surface area contributed by atoms with Gasteiger partial charge in [0.05, 0.1) is 51.8 Å². The van der Waals surface area contributed by atoms with E-state index in [0.29, 0.717) is 6.42 Å². The molecule has 1 aliphatic heterocycles. The van der Waals surface area contributed by atoms with E-state index < -0.39 is 93.9 Å². The summed E-state index contributed by atoms with van der Waals surface area (Å²) in [4.78, 5) is 0. The summed E-state index contributed by atoms with van der Waals surface area (Å²) in [6.45, 7) is -1.21. The number of ether oxygens (including phenoxy) is 3. The molecule has 0 amide bonds. The summed E-state index contributed by atoms with van der Waals surface area (Å²) < 4.78 is 18.1. The van der Waals surface area contributed by atoms with Crippen LogP contribution in [0, 0.1) is 0 Å². The molecule has 1 saturated heterocycles. The van der Waals surface area contributed by atoms with E-state index >= 15 is 0 Å². The summed E-state index contributed by atoms with van der Waals surface area (Å²) in [5.41, 5.74) is -2.19.